The summed E-state index contributed by atoms with van der Waals surface area (Å²) in [5.74, 6) is -0.333. The van der Waals surface area contributed by atoms with E-state index < -0.39 is 0 Å². The van der Waals surface area contributed by atoms with Crippen LogP contribution in [0.5, 0.6) is 0 Å². The zero-order chi connectivity index (χ0) is 25.8. The zero-order valence-corrected chi connectivity index (χ0v) is 21.9. The molecule has 0 aliphatic heterocycles. The molecule has 2 rings (SSSR count). The fourth-order valence-corrected chi connectivity index (χ4v) is 3.60. The van der Waals surface area contributed by atoms with Crippen molar-refractivity contribution in [2.24, 2.45) is 15.5 Å². The van der Waals surface area contributed by atoms with Gasteiger partial charge in [0, 0.05) is 30.6 Å². The summed E-state index contributed by atoms with van der Waals surface area (Å²) in [5.41, 5.74) is 18.8. The van der Waals surface area contributed by atoms with Crippen LogP contribution >= 0.6 is 16.1 Å². The lowest BCUT2D eigenvalue weighted by Gasteiger charge is -2.19. The molecule has 5 nitrogen and oxygen atoms in total. The number of hydrogen-bond donors (Lipinski definition) is 3. The maximum Gasteiger partial charge on any atom is 0.214 e. The van der Waals surface area contributed by atoms with E-state index in [2.05, 4.69) is 70.6 Å². The van der Waals surface area contributed by atoms with Gasteiger partial charge in [-0.2, -0.15) is 0 Å². The van der Waals surface area contributed by atoms with Gasteiger partial charge < -0.3 is 16.9 Å². The van der Waals surface area contributed by atoms with Gasteiger partial charge in [0.1, 0.15) is 7.85 Å². The highest BCUT2D eigenvalue weighted by molar-refractivity contribution is 9.08. The lowest BCUT2D eigenvalue weighted by Crippen LogP contribution is -2.06. The van der Waals surface area contributed by atoms with Crippen molar-refractivity contribution in [1.82, 2.24) is 0 Å². The third kappa shape index (κ3) is 8.30. The molecular weight excluding hydrogens is 487 g/mol. The molecule has 0 saturated carbocycles. The van der Waals surface area contributed by atoms with E-state index in [1.807, 2.05) is 18.2 Å². The molecule has 2 aromatic rings. The maximum absolute atomic E-state index is 9.22. The summed E-state index contributed by atoms with van der Waals surface area (Å²) in [6.45, 7) is 11.6. The largest absolute Gasteiger partial charge is 0.404 e. The number of carbonyl (C=O) groups is 1. The summed E-state index contributed by atoms with van der Waals surface area (Å²) in [6, 6.07) is 14.2. The van der Waals surface area contributed by atoms with Crippen LogP contribution in [-0.2, 0) is 4.79 Å². The summed E-state index contributed by atoms with van der Waals surface area (Å²) >= 11 is 3.08. The third-order valence-corrected chi connectivity index (χ3v) is 5.14. The number of amides is 1. The van der Waals surface area contributed by atoms with Gasteiger partial charge in [-0.1, -0.05) is 61.9 Å². The van der Waals surface area contributed by atoms with Gasteiger partial charge in [0.2, 0.25) is 5.91 Å². The molecule has 34 heavy (non-hydrogen) atoms. The van der Waals surface area contributed by atoms with Gasteiger partial charge in [-0.3, -0.25) is 4.79 Å². The number of halogens is 1. The Bertz CT molecular complexity index is 1130. The number of carbonyl (C=O) groups excluding carboxylic acids is 1. The molecule has 0 aliphatic carbocycles. The second-order valence-electron chi connectivity index (χ2n) is 7.84. The standard InChI is InChI=1S/C25H27BBrN3.C2H5NO/c1-5-6-24(26)25(18(4)29)22-12-11-20(21(14-28)15-30-27)13-23(22)17(3)19-9-7-16(2)8-10-19;1-2(3)4/h7-15,29H,3,5-6,28H2,1-2,4H3;1H3,(H2,3,4)/b21-14+,25-24+,29-18?,30-15+;. The van der Waals surface area contributed by atoms with Crippen molar-refractivity contribution in [1.29, 1.82) is 5.41 Å². The van der Waals surface area contributed by atoms with E-state index in [0.29, 0.717) is 11.2 Å². The van der Waals surface area contributed by atoms with Gasteiger partial charge in [0.15, 0.2) is 0 Å². The summed E-state index contributed by atoms with van der Waals surface area (Å²) in [4.78, 5) is 9.22. The normalized spacial score (nSPS) is 12.0. The van der Waals surface area contributed by atoms with Crippen molar-refractivity contribution in [3.8, 4) is 0 Å². The van der Waals surface area contributed by atoms with Crippen LogP contribution in [0.25, 0.3) is 16.7 Å². The topological polar surface area (TPSA) is 105 Å². The summed E-state index contributed by atoms with van der Waals surface area (Å²) in [6.07, 6.45) is 4.81. The predicted molar refractivity (Wildman–Crippen MR) is 151 cm³/mol. The number of nitrogens with zero attached hydrogens (tertiary/aromatic N) is 1. The molecule has 7 heteroatoms. The molecule has 0 bridgehead atoms. The lowest BCUT2D eigenvalue weighted by atomic mass is 9.79. The number of nitrogens with two attached hydrogens (primary N) is 2. The molecule has 0 aliphatic rings. The van der Waals surface area contributed by atoms with Crippen molar-refractivity contribution >= 4 is 58.5 Å². The average molecular weight is 519 g/mol. The molecule has 5 N–H and O–H groups in total. The minimum absolute atomic E-state index is 0.333. The van der Waals surface area contributed by atoms with Gasteiger partial charge in [-0.05, 0) is 59.7 Å². The van der Waals surface area contributed by atoms with Gasteiger partial charge in [0.25, 0.3) is 0 Å². The number of hydrogen-bond acceptors (Lipinski definition) is 4. The SMILES string of the molecule is CC(N)=O.[B]/C(CCC)=C(\C(C)=N)c1ccc(C(=C/N)/C=N/Br)cc1C(=C)c1ccc(C)cc1. The van der Waals surface area contributed by atoms with Crippen molar-refractivity contribution < 1.29 is 4.79 Å². The summed E-state index contributed by atoms with van der Waals surface area (Å²) in [5, 5.41) is 8.38. The van der Waals surface area contributed by atoms with Gasteiger partial charge in [-0.25, -0.2) is 4.02 Å². The number of rotatable bonds is 8. The Morgan fingerprint density at radius 1 is 1.15 bits per heavy atom. The van der Waals surface area contributed by atoms with E-state index in [9.17, 15) is 4.79 Å². The Labute approximate surface area is 213 Å². The van der Waals surface area contributed by atoms with E-state index in [0.717, 1.165) is 51.8 Å². The lowest BCUT2D eigenvalue weighted by molar-refractivity contribution is -0.115. The quantitative estimate of drug-likeness (QED) is 0.296. The smallest absolute Gasteiger partial charge is 0.214 e. The molecule has 0 heterocycles. The Hall–Kier alpha value is -3.19. The Morgan fingerprint density at radius 3 is 2.18 bits per heavy atom. The van der Waals surface area contributed by atoms with Crippen LogP contribution in [0.3, 0.4) is 0 Å². The molecule has 0 unspecified atom stereocenters. The minimum Gasteiger partial charge on any atom is -0.404 e. The molecule has 0 saturated heterocycles. The van der Waals surface area contributed by atoms with E-state index in [1.54, 1.807) is 13.1 Å². The van der Waals surface area contributed by atoms with Gasteiger partial charge in [0.05, 0.1) is 16.1 Å². The molecular formula is C27H32BBrN4O. The Kier molecular flexibility index (Phi) is 12.0. The molecule has 2 radical (unpaired) electrons. The average Bonchev–Trinajstić information content (AvgIpc) is 2.77. The molecule has 2 aromatic carbocycles. The summed E-state index contributed by atoms with van der Waals surface area (Å²) < 4.78 is 3.92. The number of allylic oxidation sites excluding steroid dienone is 3. The van der Waals surface area contributed by atoms with Crippen molar-refractivity contribution in [3.63, 3.8) is 0 Å². The highest BCUT2D eigenvalue weighted by Crippen LogP contribution is 2.34. The highest BCUT2D eigenvalue weighted by atomic mass is 79.9. The fourth-order valence-electron chi connectivity index (χ4n) is 3.38. The van der Waals surface area contributed by atoms with Crippen LogP contribution in [0, 0.1) is 12.3 Å². The minimum atomic E-state index is -0.333. The molecule has 0 atom stereocenters. The van der Waals surface area contributed by atoms with Crippen LogP contribution in [0.2, 0.25) is 0 Å². The number of aryl methyl sites for hydroxylation is 1. The maximum atomic E-state index is 9.22. The first kappa shape index (κ1) is 28.8. The van der Waals surface area contributed by atoms with E-state index in [-0.39, 0.29) is 5.91 Å². The zero-order valence-electron chi connectivity index (χ0n) is 20.3. The first-order valence-electron chi connectivity index (χ1n) is 10.8. The van der Waals surface area contributed by atoms with Crippen molar-refractivity contribution in [2.45, 2.75) is 40.5 Å². The van der Waals surface area contributed by atoms with Crippen LogP contribution in [0.4, 0.5) is 0 Å². The van der Waals surface area contributed by atoms with Crippen LogP contribution in [-0.4, -0.2) is 25.7 Å². The number of benzene rings is 2. The van der Waals surface area contributed by atoms with Crippen LogP contribution < -0.4 is 11.5 Å². The molecule has 176 valence electrons. The predicted octanol–water partition coefficient (Wildman–Crippen LogP) is 5.95. The molecule has 1 amide bonds. The van der Waals surface area contributed by atoms with E-state index in [1.165, 1.54) is 18.7 Å². The highest BCUT2D eigenvalue weighted by Gasteiger charge is 2.17. The van der Waals surface area contributed by atoms with Crippen molar-refractivity contribution in [3.05, 3.63) is 88.5 Å². The molecule has 0 aromatic heterocycles. The van der Waals surface area contributed by atoms with E-state index >= 15 is 0 Å². The summed E-state index contributed by atoms with van der Waals surface area (Å²) in [7, 11) is 6.41. The van der Waals surface area contributed by atoms with Crippen molar-refractivity contribution in [2.75, 3.05) is 0 Å². The molecule has 0 spiro atoms. The number of primary amides is 1. The second kappa shape index (κ2) is 14.2. The first-order valence-corrected chi connectivity index (χ1v) is 11.6. The van der Waals surface area contributed by atoms with Gasteiger partial charge >= 0.3 is 0 Å². The Balaban J connectivity index is 0.00000133. The van der Waals surface area contributed by atoms with Gasteiger partial charge in [-0.15, -0.1) is 5.47 Å². The van der Waals surface area contributed by atoms with E-state index in [4.69, 9.17) is 19.0 Å². The first-order chi connectivity index (χ1) is 16.1. The number of nitrogens with one attached hydrogen (secondary N) is 1. The fraction of sp³-hybridized carbons (Fsp3) is 0.222. The van der Waals surface area contributed by atoms with Crippen LogP contribution in [0.15, 0.2) is 64.7 Å². The Morgan fingerprint density at radius 2 is 1.71 bits per heavy atom. The third-order valence-electron chi connectivity index (χ3n) is 4.93. The second-order valence-corrected chi connectivity index (χ2v) is 8.25. The van der Waals surface area contributed by atoms with Crippen LogP contribution in [0.1, 0.15) is 61.4 Å². The monoisotopic (exact) mass is 518 g/mol. The molecule has 0 fully saturated rings.